The Morgan fingerprint density at radius 1 is 1.27 bits per heavy atom. The summed E-state index contributed by atoms with van der Waals surface area (Å²) in [4.78, 5) is 4.49. The molecule has 2 aromatic heterocycles. The summed E-state index contributed by atoms with van der Waals surface area (Å²) in [5.74, 6) is 0. The predicted octanol–water partition coefficient (Wildman–Crippen LogP) is 2.49. The van der Waals surface area contributed by atoms with Gasteiger partial charge >= 0.3 is 5.65 Å². The molecule has 2 rings (SSSR count). The van der Waals surface area contributed by atoms with Crippen molar-refractivity contribution in [2.24, 2.45) is 0 Å². The van der Waals surface area contributed by atoms with Gasteiger partial charge in [-0.05, 0) is 44.8 Å². The van der Waals surface area contributed by atoms with Crippen molar-refractivity contribution in [1.29, 1.82) is 0 Å². The molecule has 0 radical (unpaired) electrons. The van der Waals surface area contributed by atoms with Crippen molar-refractivity contribution in [2.45, 2.75) is 39.8 Å². The van der Waals surface area contributed by atoms with Gasteiger partial charge in [-0.15, -0.1) is 0 Å². The number of hydrogen-bond acceptors (Lipinski definition) is 1. The molecule has 0 amide bonds. The summed E-state index contributed by atoms with van der Waals surface area (Å²) in [6.45, 7) is 8.70. The van der Waals surface area contributed by atoms with Crippen LogP contribution in [0.15, 0.2) is 24.7 Å². The van der Waals surface area contributed by atoms with E-state index in [2.05, 4.69) is 60.1 Å². The first-order valence-corrected chi connectivity index (χ1v) is 5.48. The van der Waals surface area contributed by atoms with Gasteiger partial charge in [0.2, 0.25) is 6.33 Å². The van der Waals surface area contributed by atoms with E-state index in [1.165, 1.54) is 5.52 Å². The molecule has 3 heteroatoms. The standard InChI is InChI=1S/C12H18N3/c1-9(2)14-7-5-6-11-12(14)13-8-15(11)10(3)4/h5-10H,1-4H3/q+1. The molecule has 0 bridgehead atoms. The molecule has 0 fully saturated rings. The number of hydrogen-bond donors (Lipinski definition) is 0. The fourth-order valence-corrected chi connectivity index (χ4v) is 1.85. The highest BCUT2D eigenvalue weighted by atomic mass is 15.1. The van der Waals surface area contributed by atoms with E-state index in [0.29, 0.717) is 12.1 Å². The Hall–Kier alpha value is -1.38. The molecule has 0 saturated carbocycles. The number of rotatable bonds is 2. The topological polar surface area (TPSA) is 21.7 Å². The van der Waals surface area contributed by atoms with Gasteiger partial charge in [0.1, 0.15) is 5.52 Å². The molecule has 0 spiro atoms. The molecule has 0 aliphatic heterocycles. The second-order valence-corrected chi connectivity index (χ2v) is 4.46. The number of fused-ring (bicyclic) bond motifs is 1. The van der Waals surface area contributed by atoms with Crippen LogP contribution in [-0.4, -0.2) is 9.55 Å². The van der Waals surface area contributed by atoms with Gasteiger partial charge < -0.3 is 4.57 Å². The van der Waals surface area contributed by atoms with Crippen LogP contribution in [0.1, 0.15) is 39.8 Å². The van der Waals surface area contributed by atoms with Crippen LogP contribution in [0.3, 0.4) is 0 Å². The van der Waals surface area contributed by atoms with Crippen molar-refractivity contribution in [3.8, 4) is 0 Å². The van der Waals surface area contributed by atoms with E-state index in [-0.39, 0.29) is 0 Å². The summed E-state index contributed by atoms with van der Waals surface area (Å²) in [5, 5.41) is 0. The molecule has 0 aliphatic rings. The largest absolute Gasteiger partial charge is 0.348 e. The van der Waals surface area contributed by atoms with Crippen molar-refractivity contribution in [3.05, 3.63) is 24.7 Å². The van der Waals surface area contributed by atoms with Crippen molar-refractivity contribution < 1.29 is 4.57 Å². The fraction of sp³-hybridized carbons (Fsp3) is 0.500. The summed E-state index contributed by atoms with van der Waals surface area (Å²) in [6.07, 6.45) is 4.01. The molecule has 0 N–H and O–H groups in total. The third kappa shape index (κ3) is 1.62. The lowest BCUT2D eigenvalue weighted by Crippen LogP contribution is -2.36. The van der Waals surface area contributed by atoms with E-state index in [1.54, 1.807) is 0 Å². The monoisotopic (exact) mass is 204 g/mol. The van der Waals surface area contributed by atoms with Crippen molar-refractivity contribution in [1.82, 2.24) is 9.55 Å². The predicted molar refractivity (Wildman–Crippen MR) is 60.7 cm³/mol. The van der Waals surface area contributed by atoms with E-state index in [9.17, 15) is 0 Å². The first-order valence-electron chi connectivity index (χ1n) is 5.48. The molecule has 2 aromatic rings. The van der Waals surface area contributed by atoms with Gasteiger partial charge in [-0.25, -0.2) is 4.57 Å². The van der Waals surface area contributed by atoms with Gasteiger partial charge in [0.15, 0.2) is 0 Å². The zero-order valence-electron chi connectivity index (χ0n) is 9.81. The molecule has 15 heavy (non-hydrogen) atoms. The normalized spacial score (nSPS) is 11.9. The lowest BCUT2D eigenvalue weighted by Gasteiger charge is -2.07. The molecule has 0 aromatic carbocycles. The van der Waals surface area contributed by atoms with Crippen LogP contribution < -0.4 is 4.57 Å². The zero-order valence-corrected chi connectivity index (χ0v) is 9.81. The third-order valence-electron chi connectivity index (χ3n) is 2.67. The maximum atomic E-state index is 4.49. The maximum Gasteiger partial charge on any atom is 0.348 e. The summed E-state index contributed by atoms with van der Waals surface area (Å²) in [5.41, 5.74) is 2.28. The van der Waals surface area contributed by atoms with Crippen LogP contribution in [-0.2, 0) is 0 Å². The molecule has 2 heterocycles. The van der Waals surface area contributed by atoms with E-state index in [1.807, 2.05) is 6.33 Å². The molecule has 0 aliphatic carbocycles. The Morgan fingerprint density at radius 2 is 2.00 bits per heavy atom. The van der Waals surface area contributed by atoms with Gasteiger partial charge in [0.25, 0.3) is 0 Å². The SMILES string of the molecule is CC(C)n1cnc2c1ccc[n+]2C(C)C. The number of aromatic nitrogens is 3. The highest BCUT2D eigenvalue weighted by molar-refractivity contribution is 5.67. The zero-order chi connectivity index (χ0) is 11.0. The van der Waals surface area contributed by atoms with Gasteiger partial charge in [-0.3, -0.25) is 0 Å². The number of nitrogens with zero attached hydrogens (tertiary/aromatic N) is 3. The number of pyridine rings is 1. The van der Waals surface area contributed by atoms with Crippen LogP contribution >= 0.6 is 0 Å². The van der Waals surface area contributed by atoms with Crippen molar-refractivity contribution >= 4 is 11.2 Å². The van der Waals surface area contributed by atoms with Crippen LogP contribution in [0.5, 0.6) is 0 Å². The Labute approximate surface area is 90.4 Å². The summed E-state index contributed by atoms with van der Waals surface area (Å²) in [6, 6.07) is 5.12. The molecule has 0 atom stereocenters. The minimum Gasteiger partial charge on any atom is -0.302 e. The van der Waals surface area contributed by atoms with Crippen LogP contribution in [0, 0.1) is 0 Å². The Bertz CT molecular complexity index is 469. The highest BCUT2D eigenvalue weighted by Crippen LogP contribution is 2.14. The second-order valence-electron chi connectivity index (χ2n) is 4.46. The molecular formula is C12H18N3+. The highest BCUT2D eigenvalue weighted by Gasteiger charge is 2.17. The van der Waals surface area contributed by atoms with Crippen LogP contribution in [0.4, 0.5) is 0 Å². The van der Waals surface area contributed by atoms with Crippen LogP contribution in [0.25, 0.3) is 11.2 Å². The Balaban J connectivity index is 2.69. The lowest BCUT2D eigenvalue weighted by molar-refractivity contribution is -0.693. The average Bonchev–Trinajstić information content (AvgIpc) is 2.59. The van der Waals surface area contributed by atoms with E-state index >= 15 is 0 Å². The van der Waals surface area contributed by atoms with Gasteiger partial charge in [-0.2, -0.15) is 0 Å². The van der Waals surface area contributed by atoms with Gasteiger partial charge in [0.05, 0.1) is 12.2 Å². The quantitative estimate of drug-likeness (QED) is 0.689. The lowest BCUT2D eigenvalue weighted by atomic mass is 10.3. The fourth-order valence-electron chi connectivity index (χ4n) is 1.85. The summed E-state index contributed by atoms with van der Waals surface area (Å²) in [7, 11) is 0. The molecule has 80 valence electrons. The number of imidazole rings is 1. The average molecular weight is 204 g/mol. The van der Waals surface area contributed by atoms with Crippen LogP contribution in [0.2, 0.25) is 0 Å². The van der Waals surface area contributed by atoms with E-state index < -0.39 is 0 Å². The second kappa shape index (κ2) is 3.65. The smallest absolute Gasteiger partial charge is 0.302 e. The molecule has 0 unspecified atom stereocenters. The minimum absolute atomic E-state index is 0.448. The molecular weight excluding hydrogens is 186 g/mol. The molecule has 0 saturated heterocycles. The van der Waals surface area contributed by atoms with E-state index in [4.69, 9.17) is 0 Å². The summed E-state index contributed by atoms with van der Waals surface area (Å²) < 4.78 is 4.41. The minimum atomic E-state index is 0.448. The van der Waals surface area contributed by atoms with Crippen molar-refractivity contribution in [3.63, 3.8) is 0 Å². The maximum absolute atomic E-state index is 4.49. The van der Waals surface area contributed by atoms with Gasteiger partial charge in [-0.1, -0.05) is 0 Å². The first kappa shape index (κ1) is 10.1. The Morgan fingerprint density at radius 3 is 2.60 bits per heavy atom. The third-order valence-corrected chi connectivity index (χ3v) is 2.67. The Kier molecular flexibility index (Phi) is 2.47. The first-order chi connectivity index (χ1) is 7.11. The van der Waals surface area contributed by atoms with E-state index in [0.717, 1.165) is 5.65 Å². The van der Waals surface area contributed by atoms with Gasteiger partial charge in [0, 0.05) is 6.04 Å². The van der Waals surface area contributed by atoms with Crippen molar-refractivity contribution in [2.75, 3.05) is 0 Å². The summed E-state index contributed by atoms with van der Waals surface area (Å²) >= 11 is 0. The molecule has 3 nitrogen and oxygen atoms in total.